The van der Waals surface area contributed by atoms with Crippen molar-refractivity contribution in [3.05, 3.63) is 23.8 Å². The molecule has 0 aliphatic carbocycles. The second-order valence-electron chi connectivity index (χ2n) is 4.07. The quantitative estimate of drug-likeness (QED) is 0.538. The van der Waals surface area contributed by atoms with E-state index in [0.29, 0.717) is 18.8 Å². The van der Waals surface area contributed by atoms with Crippen LogP contribution in [0.5, 0.6) is 5.75 Å². The summed E-state index contributed by atoms with van der Waals surface area (Å²) in [5.74, 6) is -0.145. The Labute approximate surface area is 110 Å². The van der Waals surface area contributed by atoms with Gasteiger partial charge in [0.25, 0.3) is 0 Å². The Balaban J connectivity index is 2.54. The standard InChI is InChI=1S/C12H17BF3O3/c1-10-3-4-12(11(9-10)13(14,15)16)19-8-7-18-6-5-17-2/h3-4,9H,5-8H2,1-2H3/q-1. The maximum absolute atomic E-state index is 12.8. The van der Waals surface area contributed by atoms with Crippen molar-refractivity contribution in [1.82, 2.24) is 0 Å². The van der Waals surface area contributed by atoms with Crippen LogP contribution >= 0.6 is 0 Å². The first-order valence-electron chi connectivity index (χ1n) is 5.95. The zero-order valence-corrected chi connectivity index (χ0v) is 11.0. The largest absolute Gasteiger partial charge is 0.513 e. The number of benzene rings is 1. The zero-order valence-electron chi connectivity index (χ0n) is 11.0. The molecule has 1 rings (SSSR count). The van der Waals surface area contributed by atoms with E-state index >= 15 is 0 Å². The molecule has 0 aromatic heterocycles. The molecular formula is C12H17BF3O3-. The first-order chi connectivity index (χ1) is 8.95. The lowest BCUT2D eigenvalue weighted by Crippen LogP contribution is -2.35. The van der Waals surface area contributed by atoms with Gasteiger partial charge in [0.1, 0.15) is 6.61 Å². The van der Waals surface area contributed by atoms with Crippen molar-refractivity contribution >= 4 is 12.4 Å². The van der Waals surface area contributed by atoms with Crippen molar-refractivity contribution in [2.45, 2.75) is 6.92 Å². The van der Waals surface area contributed by atoms with Gasteiger partial charge in [-0.05, 0) is 13.0 Å². The van der Waals surface area contributed by atoms with E-state index in [1.165, 1.54) is 6.07 Å². The van der Waals surface area contributed by atoms with Gasteiger partial charge in [-0.1, -0.05) is 23.2 Å². The fourth-order valence-electron chi connectivity index (χ4n) is 1.51. The molecule has 0 radical (unpaired) electrons. The number of halogens is 3. The summed E-state index contributed by atoms with van der Waals surface area (Å²) in [5.41, 5.74) is -0.144. The van der Waals surface area contributed by atoms with Crippen molar-refractivity contribution in [2.75, 3.05) is 33.5 Å². The van der Waals surface area contributed by atoms with E-state index in [-0.39, 0.29) is 19.0 Å². The average Bonchev–Trinajstić information content (AvgIpc) is 2.34. The van der Waals surface area contributed by atoms with Crippen LogP contribution in [0, 0.1) is 6.92 Å². The lowest BCUT2D eigenvalue weighted by molar-refractivity contribution is 0.0545. The van der Waals surface area contributed by atoms with Gasteiger partial charge in [0.2, 0.25) is 0 Å². The Kier molecular flexibility index (Phi) is 6.17. The monoisotopic (exact) mass is 277 g/mol. The fourth-order valence-corrected chi connectivity index (χ4v) is 1.51. The minimum absolute atomic E-state index is 0.0753. The van der Waals surface area contributed by atoms with E-state index in [2.05, 4.69) is 0 Å². The Morgan fingerprint density at radius 2 is 1.74 bits per heavy atom. The van der Waals surface area contributed by atoms with Crippen LogP contribution in [-0.4, -0.2) is 40.5 Å². The molecule has 0 heterocycles. The predicted octanol–water partition coefficient (Wildman–Crippen LogP) is 2.09. The summed E-state index contributed by atoms with van der Waals surface area (Å²) < 4.78 is 53.5. The van der Waals surface area contributed by atoms with Crippen LogP contribution in [0.1, 0.15) is 5.56 Å². The first kappa shape index (κ1) is 15.9. The lowest BCUT2D eigenvalue weighted by Gasteiger charge is -2.20. The fraction of sp³-hybridized carbons (Fsp3) is 0.500. The summed E-state index contributed by atoms with van der Waals surface area (Å²) in [7, 11) is 1.55. The smallest absolute Gasteiger partial charge is 0.494 e. The minimum atomic E-state index is -5.07. The molecule has 0 N–H and O–H groups in total. The molecule has 0 aliphatic heterocycles. The molecule has 0 bridgehead atoms. The topological polar surface area (TPSA) is 27.7 Å². The van der Waals surface area contributed by atoms with Crippen LogP contribution in [0.4, 0.5) is 12.9 Å². The number of rotatable bonds is 8. The maximum Gasteiger partial charge on any atom is 0.513 e. The molecule has 7 heteroatoms. The highest BCUT2D eigenvalue weighted by atomic mass is 19.4. The van der Waals surface area contributed by atoms with E-state index in [1.807, 2.05) is 0 Å². The number of aryl methyl sites for hydroxylation is 1. The Bertz CT molecular complexity index is 396. The third-order valence-electron chi connectivity index (χ3n) is 2.43. The number of hydrogen-bond acceptors (Lipinski definition) is 3. The normalized spacial score (nSPS) is 11.6. The SMILES string of the molecule is COCCOCCOc1ccc(C)cc1[B-](F)(F)F. The highest BCUT2D eigenvalue weighted by molar-refractivity contribution is 6.74. The van der Waals surface area contributed by atoms with Gasteiger partial charge in [0.15, 0.2) is 0 Å². The molecule has 0 atom stereocenters. The molecule has 0 fully saturated rings. The van der Waals surface area contributed by atoms with E-state index < -0.39 is 12.4 Å². The highest BCUT2D eigenvalue weighted by Crippen LogP contribution is 2.18. The van der Waals surface area contributed by atoms with Crippen molar-refractivity contribution in [1.29, 1.82) is 0 Å². The number of methoxy groups -OCH3 is 1. The van der Waals surface area contributed by atoms with Crippen LogP contribution in [-0.2, 0) is 9.47 Å². The molecule has 0 aliphatic rings. The Morgan fingerprint density at radius 1 is 1.05 bits per heavy atom. The summed E-state index contributed by atoms with van der Waals surface area (Å²) in [4.78, 5) is 0. The third-order valence-corrected chi connectivity index (χ3v) is 2.43. The summed E-state index contributed by atoms with van der Waals surface area (Å²) in [5, 5.41) is 0. The predicted molar refractivity (Wildman–Crippen MR) is 68.1 cm³/mol. The van der Waals surface area contributed by atoms with Crippen molar-refractivity contribution in [2.24, 2.45) is 0 Å². The molecule has 0 spiro atoms. The summed E-state index contributed by atoms with van der Waals surface area (Å²) in [6.07, 6.45) is 0. The second kappa shape index (κ2) is 7.40. The van der Waals surface area contributed by atoms with Gasteiger partial charge < -0.3 is 27.2 Å². The van der Waals surface area contributed by atoms with E-state index in [0.717, 1.165) is 6.07 Å². The molecule has 0 saturated heterocycles. The van der Waals surface area contributed by atoms with Crippen LogP contribution in [0.3, 0.4) is 0 Å². The highest BCUT2D eigenvalue weighted by Gasteiger charge is 2.29. The van der Waals surface area contributed by atoms with Crippen molar-refractivity contribution in [3.63, 3.8) is 0 Å². The maximum atomic E-state index is 12.8. The van der Waals surface area contributed by atoms with E-state index in [4.69, 9.17) is 14.2 Å². The van der Waals surface area contributed by atoms with Crippen LogP contribution in [0.15, 0.2) is 18.2 Å². The molecule has 108 valence electrons. The van der Waals surface area contributed by atoms with Crippen LogP contribution in [0.2, 0.25) is 0 Å². The number of ether oxygens (including phenoxy) is 3. The lowest BCUT2D eigenvalue weighted by atomic mass is 9.78. The second-order valence-corrected chi connectivity index (χ2v) is 4.07. The molecule has 3 nitrogen and oxygen atoms in total. The summed E-state index contributed by atoms with van der Waals surface area (Å²) in [6, 6.07) is 4.03. The molecule has 19 heavy (non-hydrogen) atoms. The van der Waals surface area contributed by atoms with Gasteiger partial charge in [0.05, 0.1) is 25.6 Å². The molecule has 0 unspecified atom stereocenters. The first-order valence-corrected chi connectivity index (χ1v) is 5.95. The molecule has 1 aromatic carbocycles. The van der Waals surface area contributed by atoms with Gasteiger partial charge in [0, 0.05) is 7.11 Å². The van der Waals surface area contributed by atoms with Gasteiger partial charge in [-0.3, -0.25) is 0 Å². The van der Waals surface area contributed by atoms with Gasteiger partial charge in [-0.15, -0.1) is 0 Å². The van der Waals surface area contributed by atoms with Crippen molar-refractivity contribution in [3.8, 4) is 5.75 Å². The van der Waals surface area contributed by atoms with E-state index in [1.54, 1.807) is 20.1 Å². The van der Waals surface area contributed by atoms with Crippen LogP contribution in [0.25, 0.3) is 0 Å². The Hall–Kier alpha value is -1.21. The van der Waals surface area contributed by atoms with E-state index in [9.17, 15) is 12.9 Å². The third kappa shape index (κ3) is 5.53. The van der Waals surface area contributed by atoms with Gasteiger partial charge in [-0.25, -0.2) is 0 Å². The van der Waals surface area contributed by atoms with Crippen molar-refractivity contribution < 1.29 is 27.2 Å². The molecular weight excluding hydrogens is 260 g/mol. The molecule has 0 amide bonds. The van der Waals surface area contributed by atoms with Gasteiger partial charge in [-0.2, -0.15) is 0 Å². The average molecular weight is 277 g/mol. The van der Waals surface area contributed by atoms with Crippen LogP contribution < -0.4 is 10.2 Å². The zero-order chi connectivity index (χ0) is 14.3. The molecule has 0 saturated carbocycles. The minimum Gasteiger partial charge on any atom is -0.494 e. The Morgan fingerprint density at radius 3 is 2.37 bits per heavy atom. The molecule has 1 aromatic rings. The number of hydrogen-bond donors (Lipinski definition) is 0. The summed E-state index contributed by atoms with van der Waals surface area (Å²) in [6.45, 7) is -2.32. The summed E-state index contributed by atoms with van der Waals surface area (Å²) >= 11 is 0. The van der Waals surface area contributed by atoms with Gasteiger partial charge >= 0.3 is 6.98 Å².